The first-order chi connectivity index (χ1) is 18.3. The molecule has 2 N–H and O–H groups in total. The number of pyridine rings is 1. The highest BCUT2D eigenvalue weighted by molar-refractivity contribution is 6.30. The largest absolute Gasteiger partial charge is 0.479 e. The molecule has 198 valence electrons. The summed E-state index contributed by atoms with van der Waals surface area (Å²) in [6, 6.07) is 16.8. The highest BCUT2D eigenvalue weighted by atomic mass is 35.5. The number of carboxylic acids is 1. The van der Waals surface area contributed by atoms with Crippen LogP contribution in [-0.2, 0) is 16.8 Å². The Hall–Kier alpha value is -3.39. The van der Waals surface area contributed by atoms with Crippen molar-refractivity contribution in [1.82, 2.24) is 9.88 Å². The lowest BCUT2D eigenvalue weighted by atomic mass is 9.84. The van der Waals surface area contributed by atoms with Crippen LogP contribution in [0.4, 0.5) is 0 Å². The minimum atomic E-state index is -1.03. The van der Waals surface area contributed by atoms with E-state index in [0.29, 0.717) is 41.7 Å². The van der Waals surface area contributed by atoms with Gasteiger partial charge in [-0.15, -0.1) is 0 Å². The van der Waals surface area contributed by atoms with Crippen LogP contribution in [0.5, 0.6) is 17.4 Å². The molecule has 0 radical (unpaired) electrons. The Kier molecular flexibility index (Phi) is 7.70. The minimum absolute atomic E-state index is 0.494. The monoisotopic (exact) mass is 534 g/mol. The molecular formula is C30H31ClN2O5. The van der Waals surface area contributed by atoms with Crippen LogP contribution in [0.15, 0.2) is 66.9 Å². The molecule has 0 aliphatic carbocycles. The highest BCUT2D eigenvalue weighted by Crippen LogP contribution is 2.42. The highest BCUT2D eigenvalue weighted by Gasteiger charge is 2.33. The topological polar surface area (TPSA) is 92.1 Å². The Morgan fingerprint density at radius 2 is 1.95 bits per heavy atom. The standard InChI is InChI=1S/C30H31ClN2O5/c1-20(29(34)35)37-26-7-2-8-27-25(26)19-21(24-6-3-15-32-28(24)38-27)5-4-16-33-17-13-30(36,14-18-33)22-9-11-23(31)12-10-22/h2-3,5-12,15,20,36H,4,13-14,16-19H2,1H3,(H,34,35). The second-order valence-electron chi connectivity index (χ2n) is 9.86. The van der Waals surface area contributed by atoms with Crippen molar-refractivity contribution in [2.45, 2.75) is 44.3 Å². The van der Waals surface area contributed by atoms with E-state index in [4.69, 9.17) is 21.1 Å². The van der Waals surface area contributed by atoms with Crippen molar-refractivity contribution in [3.8, 4) is 17.4 Å². The van der Waals surface area contributed by atoms with Gasteiger partial charge in [0.1, 0.15) is 11.5 Å². The van der Waals surface area contributed by atoms with Crippen LogP contribution in [0, 0.1) is 0 Å². The fourth-order valence-corrected chi connectivity index (χ4v) is 5.20. The molecule has 1 aromatic heterocycles. The van der Waals surface area contributed by atoms with E-state index in [2.05, 4.69) is 16.0 Å². The lowest BCUT2D eigenvalue weighted by Gasteiger charge is -2.38. The number of carbonyl (C=O) groups is 1. The summed E-state index contributed by atoms with van der Waals surface area (Å²) in [5, 5.41) is 21.2. The number of aliphatic hydroxyl groups is 1. The van der Waals surface area contributed by atoms with Gasteiger partial charge in [-0.05, 0) is 73.7 Å². The number of nitrogens with zero attached hydrogens (tertiary/aromatic N) is 2. The van der Waals surface area contributed by atoms with Gasteiger partial charge in [-0.2, -0.15) is 0 Å². The van der Waals surface area contributed by atoms with Gasteiger partial charge in [-0.25, -0.2) is 9.78 Å². The molecule has 0 spiro atoms. The van der Waals surface area contributed by atoms with E-state index in [-0.39, 0.29) is 0 Å². The van der Waals surface area contributed by atoms with Crippen LogP contribution in [0.2, 0.25) is 5.02 Å². The lowest BCUT2D eigenvalue weighted by molar-refractivity contribution is -0.144. The van der Waals surface area contributed by atoms with Crippen LogP contribution in [-0.4, -0.2) is 51.8 Å². The molecule has 2 aliphatic rings. The third-order valence-corrected chi connectivity index (χ3v) is 7.59. The zero-order valence-electron chi connectivity index (χ0n) is 21.3. The number of ether oxygens (including phenoxy) is 2. The van der Waals surface area contributed by atoms with Gasteiger partial charge in [-0.1, -0.05) is 35.9 Å². The van der Waals surface area contributed by atoms with Crippen LogP contribution in [0.1, 0.15) is 42.9 Å². The first kappa shape index (κ1) is 26.2. The van der Waals surface area contributed by atoms with E-state index in [1.54, 1.807) is 18.3 Å². The number of rotatable bonds is 7. The van der Waals surface area contributed by atoms with Crippen LogP contribution in [0.25, 0.3) is 5.57 Å². The number of fused-ring (bicyclic) bond motifs is 2. The quantitative estimate of drug-likeness (QED) is 0.402. The number of allylic oxidation sites excluding steroid dienone is 1. The molecule has 2 aromatic carbocycles. The van der Waals surface area contributed by atoms with Gasteiger partial charge in [0, 0.05) is 48.4 Å². The molecule has 1 atom stereocenters. The Bertz CT molecular complexity index is 1330. The molecule has 3 aromatic rings. The van der Waals surface area contributed by atoms with Gasteiger partial charge in [-0.3, -0.25) is 0 Å². The third-order valence-electron chi connectivity index (χ3n) is 7.33. The number of carboxylic acid groups (broad SMARTS) is 1. The summed E-state index contributed by atoms with van der Waals surface area (Å²) in [4.78, 5) is 18.2. The summed E-state index contributed by atoms with van der Waals surface area (Å²) in [7, 11) is 0. The molecule has 3 heterocycles. The average molecular weight is 535 g/mol. The maximum Gasteiger partial charge on any atom is 0.344 e. The SMILES string of the molecule is CC(Oc1cccc2c1CC(=CCCN1CCC(O)(c3ccc(Cl)cc3)CC1)c1cccnc1O2)C(=O)O. The number of aliphatic carboxylic acids is 1. The number of hydrogen-bond acceptors (Lipinski definition) is 6. The molecule has 0 amide bonds. The van der Waals surface area contributed by atoms with Crippen molar-refractivity contribution in [2.24, 2.45) is 0 Å². The van der Waals surface area contributed by atoms with Crippen LogP contribution >= 0.6 is 11.6 Å². The summed E-state index contributed by atoms with van der Waals surface area (Å²) < 4.78 is 11.9. The smallest absolute Gasteiger partial charge is 0.344 e. The van der Waals surface area contributed by atoms with Crippen molar-refractivity contribution >= 4 is 23.1 Å². The second-order valence-corrected chi connectivity index (χ2v) is 10.3. The molecule has 38 heavy (non-hydrogen) atoms. The zero-order chi connectivity index (χ0) is 26.7. The molecule has 0 bridgehead atoms. The summed E-state index contributed by atoms with van der Waals surface area (Å²) in [5.74, 6) is 0.601. The second kappa shape index (κ2) is 11.2. The lowest BCUT2D eigenvalue weighted by Crippen LogP contribution is -2.42. The third kappa shape index (κ3) is 5.70. The summed E-state index contributed by atoms with van der Waals surface area (Å²) >= 11 is 6.02. The van der Waals surface area contributed by atoms with E-state index in [1.165, 1.54) is 6.92 Å². The summed E-state index contributed by atoms with van der Waals surface area (Å²) in [6.07, 6.45) is 5.60. The predicted octanol–water partition coefficient (Wildman–Crippen LogP) is 5.69. The van der Waals surface area contributed by atoms with Gasteiger partial charge >= 0.3 is 5.97 Å². The fourth-order valence-electron chi connectivity index (χ4n) is 5.07. The van der Waals surface area contributed by atoms with Crippen LogP contribution < -0.4 is 9.47 Å². The normalized spacial score (nSPS) is 18.6. The van der Waals surface area contributed by atoms with Gasteiger partial charge in [0.25, 0.3) is 0 Å². The fraction of sp³-hybridized carbons (Fsp3) is 0.333. The maximum atomic E-state index is 11.4. The van der Waals surface area contributed by atoms with E-state index >= 15 is 0 Å². The molecule has 7 nitrogen and oxygen atoms in total. The molecule has 5 rings (SSSR count). The van der Waals surface area contributed by atoms with Gasteiger partial charge in [0.2, 0.25) is 5.88 Å². The van der Waals surface area contributed by atoms with E-state index < -0.39 is 17.7 Å². The number of halogens is 1. The molecule has 0 saturated carbocycles. The Morgan fingerprint density at radius 3 is 2.68 bits per heavy atom. The number of benzene rings is 2. The first-order valence-corrected chi connectivity index (χ1v) is 13.2. The van der Waals surface area contributed by atoms with Crippen molar-refractivity contribution < 1.29 is 24.5 Å². The Morgan fingerprint density at radius 1 is 1.18 bits per heavy atom. The molecule has 1 unspecified atom stereocenters. The van der Waals surface area contributed by atoms with Gasteiger partial charge in [0.15, 0.2) is 6.10 Å². The number of hydrogen-bond donors (Lipinski definition) is 2. The molecule has 2 aliphatic heterocycles. The molecule has 1 saturated heterocycles. The van der Waals surface area contributed by atoms with E-state index in [0.717, 1.165) is 48.3 Å². The van der Waals surface area contributed by atoms with Crippen molar-refractivity contribution in [2.75, 3.05) is 19.6 Å². The Balaban J connectivity index is 1.30. The number of likely N-dealkylation sites (tertiary alicyclic amines) is 1. The molecule has 1 fully saturated rings. The summed E-state index contributed by atoms with van der Waals surface area (Å²) in [6.45, 7) is 3.98. The van der Waals surface area contributed by atoms with Crippen molar-refractivity contribution in [3.63, 3.8) is 0 Å². The first-order valence-electron chi connectivity index (χ1n) is 12.9. The number of aromatic nitrogens is 1. The van der Waals surface area contributed by atoms with Crippen molar-refractivity contribution in [3.05, 3.63) is 88.6 Å². The van der Waals surface area contributed by atoms with Crippen molar-refractivity contribution in [1.29, 1.82) is 0 Å². The van der Waals surface area contributed by atoms with Crippen LogP contribution in [0.3, 0.4) is 0 Å². The van der Waals surface area contributed by atoms with E-state index in [1.807, 2.05) is 42.5 Å². The minimum Gasteiger partial charge on any atom is -0.479 e. The molecule has 8 heteroatoms. The maximum absolute atomic E-state index is 11.4. The van der Waals surface area contributed by atoms with Gasteiger partial charge < -0.3 is 24.6 Å². The summed E-state index contributed by atoms with van der Waals surface area (Å²) in [5.41, 5.74) is 2.86. The predicted molar refractivity (Wildman–Crippen MR) is 146 cm³/mol. The van der Waals surface area contributed by atoms with Gasteiger partial charge in [0.05, 0.1) is 5.60 Å². The average Bonchev–Trinajstić information content (AvgIpc) is 3.07. The number of piperidine rings is 1. The Labute approximate surface area is 227 Å². The molecular weight excluding hydrogens is 504 g/mol. The zero-order valence-corrected chi connectivity index (χ0v) is 22.0. The van der Waals surface area contributed by atoms with E-state index in [9.17, 15) is 15.0 Å².